The van der Waals surface area contributed by atoms with Gasteiger partial charge in [-0.1, -0.05) is 13.8 Å². The molecule has 1 aromatic heterocycles. The first-order chi connectivity index (χ1) is 7.15. The zero-order chi connectivity index (χ0) is 11.4. The average molecular weight is 212 g/mol. The Balaban J connectivity index is 3.20. The lowest BCUT2D eigenvalue weighted by Gasteiger charge is -2.06. The molecule has 4 nitrogen and oxygen atoms in total. The Kier molecular flexibility index (Phi) is 4.15. The molecule has 0 aliphatic carbocycles. The molecule has 0 bridgehead atoms. The number of aliphatic hydroxyl groups excluding tert-OH is 1. The Morgan fingerprint density at radius 1 is 1.47 bits per heavy atom. The molecule has 0 saturated carbocycles. The van der Waals surface area contributed by atoms with E-state index in [1.54, 1.807) is 7.11 Å². The molecule has 86 valence electrons. The summed E-state index contributed by atoms with van der Waals surface area (Å²) in [5.41, 5.74) is 2.07. The molecule has 0 atom stereocenters. The maximum Gasteiger partial charge on any atom is 0.215 e. The molecule has 0 unspecified atom stereocenters. The van der Waals surface area contributed by atoms with Gasteiger partial charge in [0.15, 0.2) is 0 Å². The number of aryl methyl sites for hydroxylation is 1. The van der Waals surface area contributed by atoms with Gasteiger partial charge in [-0.25, -0.2) is 4.68 Å². The van der Waals surface area contributed by atoms with Crippen LogP contribution in [0.2, 0.25) is 0 Å². The number of aromatic nitrogens is 2. The summed E-state index contributed by atoms with van der Waals surface area (Å²) in [4.78, 5) is 0. The molecule has 1 heterocycles. The normalized spacial score (nSPS) is 11.1. The summed E-state index contributed by atoms with van der Waals surface area (Å²) in [6.45, 7) is 7.15. The van der Waals surface area contributed by atoms with Crippen molar-refractivity contribution in [3.8, 4) is 5.88 Å². The van der Waals surface area contributed by atoms with Crippen LogP contribution in [0.5, 0.6) is 5.88 Å². The predicted octanol–water partition coefficient (Wildman–Crippen LogP) is 1.57. The summed E-state index contributed by atoms with van der Waals surface area (Å²) >= 11 is 0. The Labute approximate surface area is 90.9 Å². The van der Waals surface area contributed by atoms with E-state index in [9.17, 15) is 0 Å². The minimum absolute atomic E-state index is 0.130. The molecule has 1 rings (SSSR count). The van der Waals surface area contributed by atoms with Crippen molar-refractivity contribution in [3.63, 3.8) is 0 Å². The van der Waals surface area contributed by atoms with E-state index in [0.29, 0.717) is 12.3 Å². The van der Waals surface area contributed by atoms with Crippen molar-refractivity contribution in [1.82, 2.24) is 9.78 Å². The van der Waals surface area contributed by atoms with Crippen molar-refractivity contribution >= 4 is 0 Å². The molecule has 1 aromatic rings. The quantitative estimate of drug-likeness (QED) is 0.806. The Hall–Kier alpha value is -1.03. The number of ether oxygens (including phenoxy) is 1. The molecule has 1 N–H and O–H groups in total. The van der Waals surface area contributed by atoms with Gasteiger partial charge >= 0.3 is 0 Å². The molecule has 0 aliphatic heterocycles. The van der Waals surface area contributed by atoms with Gasteiger partial charge in [0.25, 0.3) is 0 Å². The van der Waals surface area contributed by atoms with Gasteiger partial charge in [-0.05, 0) is 12.8 Å². The SMILES string of the molecule is CCn1nc(C(C)C)c(CCO)c1OC. The second-order valence-corrected chi connectivity index (χ2v) is 3.82. The molecule has 0 radical (unpaired) electrons. The predicted molar refractivity (Wildman–Crippen MR) is 59.3 cm³/mol. The van der Waals surface area contributed by atoms with Crippen LogP contribution in [-0.2, 0) is 13.0 Å². The molecular formula is C11H20N2O2. The summed E-state index contributed by atoms with van der Waals surface area (Å²) in [6.07, 6.45) is 0.608. The number of methoxy groups -OCH3 is 1. The fourth-order valence-electron chi connectivity index (χ4n) is 1.75. The van der Waals surface area contributed by atoms with E-state index >= 15 is 0 Å². The van der Waals surface area contributed by atoms with Gasteiger partial charge in [-0.2, -0.15) is 5.10 Å². The van der Waals surface area contributed by atoms with Crippen molar-refractivity contribution in [3.05, 3.63) is 11.3 Å². The van der Waals surface area contributed by atoms with Gasteiger partial charge in [0.05, 0.1) is 12.8 Å². The lowest BCUT2D eigenvalue weighted by atomic mass is 10.0. The first-order valence-electron chi connectivity index (χ1n) is 5.40. The van der Waals surface area contributed by atoms with Crippen LogP contribution in [0, 0.1) is 0 Å². The standard InChI is InChI=1S/C11H20N2O2/c1-5-13-11(15-4)9(6-7-14)10(12-13)8(2)3/h8,14H,5-7H2,1-4H3. The van der Waals surface area contributed by atoms with Crippen molar-refractivity contribution in [2.45, 2.75) is 39.7 Å². The fraction of sp³-hybridized carbons (Fsp3) is 0.727. The molecule has 0 spiro atoms. The van der Waals surface area contributed by atoms with Crippen molar-refractivity contribution in [1.29, 1.82) is 0 Å². The van der Waals surface area contributed by atoms with E-state index in [0.717, 1.165) is 23.7 Å². The molecule has 0 amide bonds. The van der Waals surface area contributed by atoms with Crippen LogP contribution in [0.4, 0.5) is 0 Å². The van der Waals surface area contributed by atoms with E-state index in [1.807, 2.05) is 11.6 Å². The number of aliphatic hydroxyl groups is 1. The lowest BCUT2D eigenvalue weighted by Crippen LogP contribution is -2.01. The van der Waals surface area contributed by atoms with Crippen LogP contribution in [0.1, 0.15) is 37.9 Å². The number of rotatable bonds is 5. The third-order valence-electron chi connectivity index (χ3n) is 2.43. The summed E-state index contributed by atoms with van der Waals surface area (Å²) in [5, 5.41) is 13.5. The smallest absolute Gasteiger partial charge is 0.215 e. The highest BCUT2D eigenvalue weighted by Crippen LogP contribution is 2.27. The van der Waals surface area contributed by atoms with Gasteiger partial charge in [-0.3, -0.25) is 0 Å². The highest BCUT2D eigenvalue weighted by atomic mass is 16.5. The van der Waals surface area contributed by atoms with Crippen LogP contribution in [0.25, 0.3) is 0 Å². The van der Waals surface area contributed by atoms with E-state index in [2.05, 4.69) is 18.9 Å². The fourth-order valence-corrected chi connectivity index (χ4v) is 1.75. The van der Waals surface area contributed by atoms with Crippen LogP contribution in [-0.4, -0.2) is 28.6 Å². The third kappa shape index (κ3) is 2.31. The van der Waals surface area contributed by atoms with E-state index in [1.165, 1.54) is 0 Å². The summed E-state index contributed by atoms with van der Waals surface area (Å²) < 4.78 is 7.19. The first kappa shape index (κ1) is 12.0. The zero-order valence-corrected chi connectivity index (χ0v) is 9.95. The van der Waals surface area contributed by atoms with Crippen LogP contribution in [0.15, 0.2) is 0 Å². The molecule has 0 fully saturated rings. The third-order valence-corrected chi connectivity index (χ3v) is 2.43. The second-order valence-electron chi connectivity index (χ2n) is 3.82. The maximum absolute atomic E-state index is 9.04. The van der Waals surface area contributed by atoms with Crippen LogP contribution >= 0.6 is 0 Å². The number of nitrogens with zero attached hydrogens (tertiary/aromatic N) is 2. The van der Waals surface area contributed by atoms with Gasteiger partial charge in [0.2, 0.25) is 5.88 Å². The topological polar surface area (TPSA) is 47.3 Å². The largest absolute Gasteiger partial charge is 0.481 e. The number of hydrogen-bond acceptors (Lipinski definition) is 3. The first-order valence-corrected chi connectivity index (χ1v) is 5.40. The Bertz CT molecular complexity index is 319. The Morgan fingerprint density at radius 3 is 2.53 bits per heavy atom. The summed E-state index contributed by atoms with van der Waals surface area (Å²) in [6, 6.07) is 0. The van der Waals surface area contributed by atoms with Gasteiger partial charge < -0.3 is 9.84 Å². The molecular weight excluding hydrogens is 192 g/mol. The van der Waals surface area contributed by atoms with Crippen LogP contribution < -0.4 is 4.74 Å². The zero-order valence-electron chi connectivity index (χ0n) is 9.95. The molecule has 0 aliphatic rings. The molecule has 0 aromatic carbocycles. The van der Waals surface area contributed by atoms with Crippen molar-refractivity contribution in [2.75, 3.05) is 13.7 Å². The van der Waals surface area contributed by atoms with E-state index < -0.39 is 0 Å². The monoisotopic (exact) mass is 212 g/mol. The van der Waals surface area contributed by atoms with Crippen LogP contribution in [0.3, 0.4) is 0 Å². The number of hydrogen-bond donors (Lipinski definition) is 1. The van der Waals surface area contributed by atoms with Gasteiger partial charge in [0.1, 0.15) is 0 Å². The molecule has 0 saturated heterocycles. The van der Waals surface area contributed by atoms with Crippen molar-refractivity contribution in [2.24, 2.45) is 0 Å². The molecule has 4 heteroatoms. The Morgan fingerprint density at radius 2 is 2.13 bits per heavy atom. The summed E-state index contributed by atoms with van der Waals surface area (Å²) in [5.74, 6) is 1.14. The second kappa shape index (κ2) is 5.16. The van der Waals surface area contributed by atoms with Gasteiger partial charge in [0, 0.05) is 25.1 Å². The minimum Gasteiger partial charge on any atom is -0.481 e. The average Bonchev–Trinajstić information content (AvgIpc) is 2.56. The van der Waals surface area contributed by atoms with E-state index in [-0.39, 0.29) is 6.61 Å². The minimum atomic E-state index is 0.130. The van der Waals surface area contributed by atoms with Crippen molar-refractivity contribution < 1.29 is 9.84 Å². The highest BCUT2D eigenvalue weighted by molar-refractivity contribution is 5.33. The highest BCUT2D eigenvalue weighted by Gasteiger charge is 2.19. The van der Waals surface area contributed by atoms with Gasteiger partial charge in [-0.15, -0.1) is 0 Å². The van der Waals surface area contributed by atoms with E-state index in [4.69, 9.17) is 9.84 Å². The molecule has 15 heavy (non-hydrogen) atoms. The maximum atomic E-state index is 9.04. The summed E-state index contributed by atoms with van der Waals surface area (Å²) in [7, 11) is 1.65. The lowest BCUT2D eigenvalue weighted by molar-refractivity contribution is 0.294.